The smallest absolute Gasteiger partial charge is 0.0375 e. The van der Waals surface area contributed by atoms with Crippen LogP contribution >= 0.6 is 0 Å². The van der Waals surface area contributed by atoms with E-state index in [0.717, 1.165) is 25.0 Å². The molecule has 0 bridgehead atoms. The topological polar surface area (TPSA) is 24.1 Å². The number of benzene rings is 1. The molecule has 1 aromatic rings. The second kappa shape index (κ2) is 5.31. The summed E-state index contributed by atoms with van der Waals surface area (Å²) in [6.07, 6.45) is 6.62. The highest BCUT2D eigenvalue weighted by molar-refractivity contribution is 5.56. The monoisotopic (exact) mass is 244 g/mol. The van der Waals surface area contributed by atoms with Crippen LogP contribution in [0.15, 0.2) is 18.2 Å². The van der Waals surface area contributed by atoms with Crippen LogP contribution in [0.25, 0.3) is 0 Å². The fraction of sp³-hybridized carbons (Fsp3) is 0.625. The van der Waals surface area contributed by atoms with Gasteiger partial charge in [-0.15, -0.1) is 0 Å². The summed E-state index contributed by atoms with van der Waals surface area (Å²) in [6.45, 7) is 4.47. The van der Waals surface area contributed by atoms with E-state index in [1.54, 1.807) is 5.56 Å². The van der Waals surface area contributed by atoms with Crippen molar-refractivity contribution in [3.63, 3.8) is 0 Å². The van der Waals surface area contributed by atoms with Gasteiger partial charge in [-0.1, -0.05) is 25.5 Å². The molecule has 3 rings (SSSR count). The molecule has 1 heterocycles. The highest BCUT2D eigenvalue weighted by Gasteiger charge is 2.35. The predicted octanol–water partition coefficient (Wildman–Crippen LogP) is 3.32. The van der Waals surface area contributed by atoms with Gasteiger partial charge in [0.25, 0.3) is 0 Å². The van der Waals surface area contributed by atoms with E-state index in [2.05, 4.69) is 35.8 Å². The normalized spacial score (nSPS) is 25.4. The molecule has 0 radical (unpaired) electrons. The van der Waals surface area contributed by atoms with Gasteiger partial charge < -0.3 is 10.6 Å². The molecule has 2 unspecified atom stereocenters. The molecule has 2 heteroatoms. The zero-order valence-corrected chi connectivity index (χ0v) is 11.3. The molecular formula is C16H24N2. The molecule has 2 nitrogen and oxygen atoms in total. The molecule has 0 spiro atoms. The Hall–Kier alpha value is -1.02. The van der Waals surface area contributed by atoms with Gasteiger partial charge >= 0.3 is 0 Å². The Morgan fingerprint density at radius 3 is 3.22 bits per heavy atom. The number of hydrogen-bond donors (Lipinski definition) is 2. The van der Waals surface area contributed by atoms with Crippen molar-refractivity contribution in [3.05, 3.63) is 29.3 Å². The van der Waals surface area contributed by atoms with E-state index in [1.807, 2.05) is 0 Å². The molecule has 18 heavy (non-hydrogen) atoms. The Labute approximate surface area is 110 Å². The summed E-state index contributed by atoms with van der Waals surface area (Å²) in [5.74, 6) is 0.952. The molecule has 2 aliphatic rings. The first-order chi connectivity index (χ1) is 8.88. The molecule has 0 saturated heterocycles. The summed E-state index contributed by atoms with van der Waals surface area (Å²) in [5, 5.41) is 7.24. The summed E-state index contributed by atoms with van der Waals surface area (Å²) < 4.78 is 0. The number of nitrogens with one attached hydrogen (secondary N) is 2. The van der Waals surface area contributed by atoms with Crippen LogP contribution in [-0.4, -0.2) is 12.6 Å². The van der Waals surface area contributed by atoms with Gasteiger partial charge in [0.05, 0.1) is 0 Å². The van der Waals surface area contributed by atoms with E-state index in [-0.39, 0.29) is 0 Å². The Kier molecular flexibility index (Phi) is 3.55. The molecule has 1 aromatic carbocycles. The number of hydrogen-bond acceptors (Lipinski definition) is 2. The molecule has 1 aliphatic heterocycles. The number of fused-ring (bicyclic) bond motifs is 1. The highest BCUT2D eigenvalue weighted by atomic mass is 15.0. The number of rotatable bonds is 5. The summed E-state index contributed by atoms with van der Waals surface area (Å²) in [4.78, 5) is 0. The van der Waals surface area contributed by atoms with E-state index in [1.165, 1.54) is 43.4 Å². The van der Waals surface area contributed by atoms with Crippen LogP contribution < -0.4 is 10.6 Å². The van der Waals surface area contributed by atoms with Gasteiger partial charge in [-0.25, -0.2) is 0 Å². The van der Waals surface area contributed by atoms with Crippen LogP contribution in [0.1, 0.15) is 43.7 Å². The lowest BCUT2D eigenvalue weighted by Gasteiger charge is -2.21. The quantitative estimate of drug-likeness (QED) is 0.830. The summed E-state index contributed by atoms with van der Waals surface area (Å²) in [7, 11) is 0. The van der Waals surface area contributed by atoms with Crippen molar-refractivity contribution in [2.45, 2.75) is 51.6 Å². The SMILES string of the molecule is CCCC1CC1NCc1cccc2c1CCCN2. The molecule has 0 aromatic heterocycles. The van der Waals surface area contributed by atoms with Gasteiger partial charge in [0, 0.05) is 24.8 Å². The predicted molar refractivity (Wildman–Crippen MR) is 76.9 cm³/mol. The summed E-state index contributed by atoms with van der Waals surface area (Å²) in [5.41, 5.74) is 4.41. The first-order valence-corrected chi connectivity index (χ1v) is 7.46. The van der Waals surface area contributed by atoms with Crippen LogP contribution in [0.4, 0.5) is 5.69 Å². The van der Waals surface area contributed by atoms with Crippen molar-refractivity contribution in [2.24, 2.45) is 5.92 Å². The lowest BCUT2D eigenvalue weighted by atomic mass is 9.97. The third-order valence-corrected chi connectivity index (χ3v) is 4.33. The Morgan fingerprint density at radius 1 is 1.39 bits per heavy atom. The Bertz CT molecular complexity index is 414. The largest absolute Gasteiger partial charge is 0.385 e. The minimum atomic E-state index is 0.789. The molecule has 1 saturated carbocycles. The molecule has 2 atom stereocenters. The zero-order valence-electron chi connectivity index (χ0n) is 11.3. The second-order valence-corrected chi connectivity index (χ2v) is 5.75. The van der Waals surface area contributed by atoms with Gasteiger partial charge in [-0.2, -0.15) is 0 Å². The number of anilines is 1. The third-order valence-electron chi connectivity index (χ3n) is 4.33. The molecule has 1 aliphatic carbocycles. The van der Waals surface area contributed by atoms with Gasteiger partial charge in [0.2, 0.25) is 0 Å². The molecule has 1 fully saturated rings. The van der Waals surface area contributed by atoms with Gasteiger partial charge in [0.1, 0.15) is 0 Å². The van der Waals surface area contributed by atoms with E-state index in [0.29, 0.717) is 0 Å². The van der Waals surface area contributed by atoms with Crippen LogP contribution in [0.3, 0.4) is 0 Å². The fourth-order valence-electron chi connectivity index (χ4n) is 3.18. The standard InChI is InChI=1S/C16H24N2/c1-2-5-12-10-16(12)18-11-13-6-3-8-15-14(13)7-4-9-17-15/h3,6,8,12,16-18H,2,4-5,7,9-11H2,1H3. The van der Waals surface area contributed by atoms with Crippen LogP contribution in [0.5, 0.6) is 0 Å². The van der Waals surface area contributed by atoms with Crippen LogP contribution in [-0.2, 0) is 13.0 Å². The first kappa shape index (κ1) is 12.0. The zero-order chi connectivity index (χ0) is 12.4. The summed E-state index contributed by atoms with van der Waals surface area (Å²) >= 11 is 0. The van der Waals surface area contributed by atoms with Crippen molar-refractivity contribution >= 4 is 5.69 Å². The molecular weight excluding hydrogens is 220 g/mol. The lowest BCUT2D eigenvalue weighted by Crippen LogP contribution is -2.20. The van der Waals surface area contributed by atoms with Crippen molar-refractivity contribution in [3.8, 4) is 0 Å². The van der Waals surface area contributed by atoms with Crippen molar-refractivity contribution in [2.75, 3.05) is 11.9 Å². The summed E-state index contributed by atoms with van der Waals surface area (Å²) in [6, 6.07) is 7.48. The average molecular weight is 244 g/mol. The highest BCUT2D eigenvalue weighted by Crippen LogP contribution is 2.35. The van der Waals surface area contributed by atoms with Crippen molar-refractivity contribution < 1.29 is 0 Å². The van der Waals surface area contributed by atoms with Gasteiger partial charge in [-0.3, -0.25) is 0 Å². The van der Waals surface area contributed by atoms with Gasteiger partial charge in [-0.05, 0) is 48.8 Å². The minimum Gasteiger partial charge on any atom is -0.385 e. The molecule has 2 N–H and O–H groups in total. The Morgan fingerprint density at radius 2 is 2.33 bits per heavy atom. The molecule has 98 valence electrons. The third kappa shape index (κ3) is 2.54. The fourth-order valence-corrected chi connectivity index (χ4v) is 3.18. The maximum Gasteiger partial charge on any atom is 0.0375 e. The maximum atomic E-state index is 3.73. The van der Waals surface area contributed by atoms with E-state index in [4.69, 9.17) is 0 Å². The van der Waals surface area contributed by atoms with Gasteiger partial charge in [0.15, 0.2) is 0 Å². The van der Waals surface area contributed by atoms with E-state index < -0.39 is 0 Å². The lowest BCUT2D eigenvalue weighted by molar-refractivity contribution is 0.596. The average Bonchev–Trinajstić information content (AvgIpc) is 3.15. The van der Waals surface area contributed by atoms with E-state index >= 15 is 0 Å². The Balaban J connectivity index is 1.60. The van der Waals surface area contributed by atoms with Crippen LogP contribution in [0, 0.1) is 5.92 Å². The van der Waals surface area contributed by atoms with Crippen LogP contribution in [0.2, 0.25) is 0 Å². The van der Waals surface area contributed by atoms with Crippen molar-refractivity contribution in [1.82, 2.24) is 5.32 Å². The maximum absolute atomic E-state index is 3.73. The second-order valence-electron chi connectivity index (χ2n) is 5.75. The first-order valence-electron chi connectivity index (χ1n) is 7.46. The van der Waals surface area contributed by atoms with Crippen molar-refractivity contribution in [1.29, 1.82) is 0 Å². The van der Waals surface area contributed by atoms with E-state index in [9.17, 15) is 0 Å². The minimum absolute atomic E-state index is 0.789. The molecule has 0 amide bonds.